The molecule has 6 nitrogen and oxygen atoms in total. The molecule has 2 aromatic rings. The summed E-state index contributed by atoms with van der Waals surface area (Å²) in [6, 6.07) is 14.7. The standard InChI is InChI=1S/C21H26N4O2/c1-4-20(26)23-18-11-9-17(10-12-18)21(27)24-22-15-16-7-13-19(14-8-16)25(5-2)6-3/h7-15H,4-6H2,1-3H3,(H,23,26)(H,24,27)/b22-15-. The SMILES string of the molecule is CCC(=O)Nc1ccc(C(=O)N/N=C\c2ccc(N(CC)CC)cc2)cc1. The minimum atomic E-state index is -0.306. The van der Waals surface area contributed by atoms with Gasteiger partial charge in [0.1, 0.15) is 0 Å². The van der Waals surface area contributed by atoms with Gasteiger partial charge in [-0.3, -0.25) is 9.59 Å². The van der Waals surface area contributed by atoms with Gasteiger partial charge in [-0.05, 0) is 55.8 Å². The zero-order valence-corrected chi connectivity index (χ0v) is 16.0. The Bertz CT molecular complexity index is 779. The van der Waals surface area contributed by atoms with Crippen LogP contribution < -0.4 is 15.6 Å². The topological polar surface area (TPSA) is 73.8 Å². The van der Waals surface area contributed by atoms with Crippen LogP contribution in [0.2, 0.25) is 0 Å². The largest absolute Gasteiger partial charge is 0.372 e. The van der Waals surface area contributed by atoms with E-state index >= 15 is 0 Å². The van der Waals surface area contributed by atoms with Gasteiger partial charge < -0.3 is 10.2 Å². The van der Waals surface area contributed by atoms with Crippen molar-refractivity contribution in [2.45, 2.75) is 27.2 Å². The number of rotatable bonds is 8. The predicted octanol–water partition coefficient (Wildman–Crippen LogP) is 3.65. The lowest BCUT2D eigenvalue weighted by Gasteiger charge is -2.20. The van der Waals surface area contributed by atoms with Gasteiger partial charge in [-0.2, -0.15) is 5.10 Å². The maximum Gasteiger partial charge on any atom is 0.271 e. The van der Waals surface area contributed by atoms with Gasteiger partial charge in [-0.1, -0.05) is 19.1 Å². The van der Waals surface area contributed by atoms with Crippen LogP contribution in [0.4, 0.5) is 11.4 Å². The summed E-state index contributed by atoms with van der Waals surface area (Å²) in [5, 5.41) is 6.75. The van der Waals surface area contributed by atoms with Crippen LogP contribution in [-0.4, -0.2) is 31.1 Å². The highest BCUT2D eigenvalue weighted by Crippen LogP contribution is 2.14. The fraction of sp³-hybridized carbons (Fsp3) is 0.286. The average molecular weight is 366 g/mol. The smallest absolute Gasteiger partial charge is 0.271 e. The van der Waals surface area contributed by atoms with E-state index < -0.39 is 0 Å². The van der Waals surface area contributed by atoms with Crippen molar-refractivity contribution in [3.8, 4) is 0 Å². The zero-order chi connectivity index (χ0) is 19.6. The Labute approximate surface area is 160 Å². The Balaban J connectivity index is 1.91. The van der Waals surface area contributed by atoms with Gasteiger partial charge in [0.2, 0.25) is 5.91 Å². The highest BCUT2D eigenvalue weighted by atomic mass is 16.2. The first-order valence-corrected chi connectivity index (χ1v) is 9.15. The second kappa shape index (κ2) is 10.1. The van der Waals surface area contributed by atoms with E-state index in [2.05, 4.69) is 34.6 Å². The number of nitrogens with one attached hydrogen (secondary N) is 2. The van der Waals surface area contributed by atoms with Gasteiger partial charge in [0.15, 0.2) is 0 Å². The molecule has 0 bridgehead atoms. The Morgan fingerprint density at radius 3 is 2.15 bits per heavy atom. The summed E-state index contributed by atoms with van der Waals surface area (Å²) in [5.41, 5.74) is 5.71. The number of hydrogen-bond donors (Lipinski definition) is 2. The zero-order valence-electron chi connectivity index (χ0n) is 16.0. The molecule has 0 unspecified atom stereocenters. The molecule has 0 fully saturated rings. The van der Waals surface area contributed by atoms with Crippen molar-refractivity contribution >= 4 is 29.4 Å². The summed E-state index contributed by atoms with van der Waals surface area (Å²) in [6.07, 6.45) is 2.02. The first-order chi connectivity index (χ1) is 13.1. The van der Waals surface area contributed by atoms with Gasteiger partial charge in [0, 0.05) is 36.4 Å². The second-order valence-corrected chi connectivity index (χ2v) is 5.94. The summed E-state index contributed by atoms with van der Waals surface area (Å²) >= 11 is 0. The molecule has 0 aliphatic heterocycles. The number of hydrazone groups is 1. The van der Waals surface area contributed by atoms with E-state index in [0.29, 0.717) is 17.7 Å². The van der Waals surface area contributed by atoms with Crippen molar-refractivity contribution < 1.29 is 9.59 Å². The average Bonchev–Trinajstić information content (AvgIpc) is 2.70. The van der Waals surface area contributed by atoms with Crippen molar-refractivity contribution in [3.63, 3.8) is 0 Å². The number of nitrogens with zero attached hydrogens (tertiary/aromatic N) is 2. The summed E-state index contributed by atoms with van der Waals surface area (Å²) in [4.78, 5) is 25.7. The number of carbonyl (C=O) groups excluding carboxylic acids is 2. The Hall–Kier alpha value is -3.15. The fourth-order valence-electron chi connectivity index (χ4n) is 2.54. The van der Waals surface area contributed by atoms with Crippen molar-refractivity contribution in [2.75, 3.05) is 23.3 Å². The Morgan fingerprint density at radius 2 is 1.59 bits per heavy atom. The third-order valence-electron chi connectivity index (χ3n) is 4.15. The van der Waals surface area contributed by atoms with Crippen molar-refractivity contribution in [2.24, 2.45) is 5.10 Å². The van der Waals surface area contributed by atoms with Crippen LogP contribution in [0, 0.1) is 0 Å². The van der Waals surface area contributed by atoms with E-state index in [-0.39, 0.29) is 11.8 Å². The molecule has 0 aliphatic rings. The molecule has 0 atom stereocenters. The van der Waals surface area contributed by atoms with E-state index in [0.717, 1.165) is 24.3 Å². The molecular weight excluding hydrogens is 340 g/mol. The third-order valence-corrected chi connectivity index (χ3v) is 4.15. The van der Waals surface area contributed by atoms with E-state index in [9.17, 15) is 9.59 Å². The molecule has 2 amide bonds. The van der Waals surface area contributed by atoms with E-state index in [1.165, 1.54) is 0 Å². The first-order valence-electron chi connectivity index (χ1n) is 9.15. The number of hydrogen-bond acceptors (Lipinski definition) is 4. The molecule has 2 N–H and O–H groups in total. The van der Waals surface area contributed by atoms with E-state index in [1.807, 2.05) is 24.3 Å². The van der Waals surface area contributed by atoms with Gasteiger partial charge in [0.05, 0.1) is 6.21 Å². The Morgan fingerprint density at radius 1 is 0.963 bits per heavy atom. The molecule has 142 valence electrons. The minimum absolute atomic E-state index is 0.0659. The fourth-order valence-corrected chi connectivity index (χ4v) is 2.54. The summed E-state index contributed by atoms with van der Waals surface area (Å²) in [5.74, 6) is -0.372. The first kappa shape index (κ1) is 20.2. The third kappa shape index (κ3) is 5.95. The number of amides is 2. The summed E-state index contributed by atoms with van der Waals surface area (Å²) < 4.78 is 0. The molecule has 6 heteroatoms. The normalized spacial score (nSPS) is 10.6. The lowest BCUT2D eigenvalue weighted by Crippen LogP contribution is -2.21. The molecule has 0 spiro atoms. The van der Waals surface area contributed by atoms with Gasteiger partial charge in [-0.25, -0.2) is 5.43 Å². The van der Waals surface area contributed by atoms with Crippen molar-refractivity contribution in [1.29, 1.82) is 0 Å². The van der Waals surface area contributed by atoms with Crippen LogP contribution in [-0.2, 0) is 4.79 Å². The number of benzene rings is 2. The maximum absolute atomic E-state index is 12.1. The minimum Gasteiger partial charge on any atom is -0.372 e. The van der Waals surface area contributed by atoms with Gasteiger partial charge in [0.25, 0.3) is 5.91 Å². The van der Waals surface area contributed by atoms with Crippen LogP contribution in [0.3, 0.4) is 0 Å². The molecule has 0 radical (unpaired) electrons. The molecule has 2 rings (SSSR count). The van der Waals surface area contributed by atoms with Gasteiger partial charge in [-0.15, -0.1) is 0 Å². The van der Waals surface area contributed by atoms with E-state index in [1.54, 1.807) is 37.4 Å². The lowest BCUT2D eigenvalue weighted by atomic mass is 10.2. The highest BCUT2D eigenvalue weighted by Gasteiger charge is 2.05. The second-order valence-electron chi connectivity index (χ2n) is 5.94. The summed E-state index contributed by atoms with van der Waals surface area (Å²) in [6.45, 7) is 7.95. The molecule has 27 heavy (non-hydrogen) atoms. The van der Waals surface area contributed by atoms with Gasteiger partial charge >= 0.3 is 0 Å². The molecule has 0 saturated heterocycles. The van der Waals surface area contributed by atoms with Crippen molar-refractivity contribution in [1.82, 2.24) is 5.43 Å². The number of anilines is 2. The molecule has 0 aliphatic carbocycles. The monoisotopic (exact) mass is 366 g/mol. The summed E-state index contributed by atoms with van der Waals surface area (Å²) in [7, 11) is 0. The predicted molar refractivity (Wildman–Crippen MR) is 110 cm³/mol. The lowest BCUT2D eigenvalue weighted by molar-refractivity contribution is -0.115. The highest BCUT2D eigenvalue weighted by molar-refractivity contribution is 5.96. The quantitative estimate of drug-likeness (QED) is 0.553. The maximum atomic E-state index is 12.1. The molecule has 0 saturated carbocycles. The number of carbonyl (C=O) groups is 2. The van der Waals surface area contributed by atoms with Crippen LogP contribution in [0.15, 0.2) is 53.6 Å². The molecule has 2 aromatic carbocycles. The molecular formula is C21H26N4O2. The van der Waals surface area contributed by atoms with E-state index in [4.69, 9.17) is 0 Å². The van der Waals surface area contributed by atoms with Crippen LogP contribution in [0.1, 0.15) is 43.1 Å². The Kier molecular flexibility index (Phi) is 7.55. The molecule has 0 aromatic heterocycles. The van der Waals surface area contributed by atoms with Crippen LogP contribution in [0.25, 0.3) is 0 Å². The van der Waals surface area contributed by atoms with Crippen molar-refractivity contribution in [3.05, 3.63) is 59.7 Å². The molecule has 0 heterocycles. The van der Waals surface area contributed by atoms with Crippen LogP contribution >= 0.6 is 0 Å². The van der Waals surface area contributed by atoms with Crippen LogP contribution in [0.5, 0.6) is 0 Å².